The van der Waals surface area contributed by atoms with Gasteiger partial charge in [0.15, 0.2) is 15.6 Å². The maximum atomic E-state index is 12.8. The number of ketones is 1. The number of sulfonamides is 1. The van der Waals surface area contributed by atoms with Gasteiger partial charge in [-0.15, -0.1) is 0 Å². The number of hydrogen-bond acceptors (Lipinski definition) is 6. The molecule has 0 heterocycles. The van der Waals surface area contributed by atoms with E-state index in [1.165, 1.54) is 24.3 Å². The van der Waals surface area contributed by atoms with Gasteiger partial charge in [-0.05, 0) is 65.0 Å². The Labute approximate surface area is 190 Å². The number of ether oxygens (including phenoxy) is 1. The molecule has 0 radical (unpaired) electrons. The minimum atomic E-state index is -4.29. The van der Waals surface area contributed by atoms with Crippen molar-refractivity contribution in [1.29, 1.82) is 0 Å². The Morgan fingerprint density at radius 1 is 1.03 bits per heavy atom. The van der Waals surface area contributed by atoms with E-state index in [2.05, 4.69) is 11.8 Å². The molecule has 0 aromatic heterocycles. The van der Waals surface area contributed by atoms with Crippen LogP contribution in [0.25, 0.3) is 0 Å². The zero-order valence-corrected chi connectivity index (χ0v) is 20.3. The molecule has 0 bridgehead atoms. The van der Waals surface area contributed by atoms with Gasteiger partial charge >= 0.3 is 0 Å². The van der Waals surface area contributed by atoms with Gasteiger partial charge in [0.05, 0.1) is 16.6 Å². The quantitative estimate of drug-likeness (QED) is 0.483. The topological polar surface area (TPSA) is 121 Å². The summed E-state index contributed by atoms with van der Waals surface area (Å²) in [6, 6.07) is 9.45. The van der Waals surface area contributed by atoms with E-state index in [0.29, 0.717) is 11.3 Å². The van der Waals surface area contributed by atoms with Crippen LogP contribution in [0.2, 0.25) is 0 Å². The summed E-state index contributed by atoms with van der Waals surface area (Å²) in [6.07, 6.45) is -0.194. The van der Waals surface area contributed by atoms with Crippen molar-refractivity contribution in [3.05, 3.63) is 53.6 Å². The fourth-order valence-electron chi connectivity index (χ4n) is 2.68. The second kappa shape index (κ2) is 9.45. The summed E-state index contributed by atoms with van der Waals surface area (Å²) in [6.45, 7) is 9.54. The van der Waals surface area contributed by atoms with Gasteiger partial charge in [-0.3, -0.25) is 4.79 Å². The molecule has 0 aliphatic heterocycles. The molecule has 0 spiro atoms. The van der Waals surface area contributed by atoms with Gasteiger partial charge in [-0.25, -0.2) is 22.0 Å². The average molecular weight is 478 g/mol. The van der Waals surface area contributed by atoms with Crippen LogP contribution in [0, 0.1) is 17.3 Å². The van der Waals surface area contributed by atoms with Gasteiger partial charge < -0.3 is 4.74 Å². The van der Waals surface area contributed by atoms with Crippen LogP contribution in [0.5, 0.6) is 5.75 Å². The maximum absolute atomic E-state index is 12.8. The molecule has 2 N–H and O–H groups in total. The molecule has 7 nitrogen and oxygen atoms in total. The lowest BCUT2D eigenvalue weighted by Crippen LogP contribution is -2.21. The van der Waals surface area contributed by atoms with Crippen LogP contribution in [-0.2, 0) is 19.9 Å². The largest absolute Gasteiger partial charge is 0.490 e. The highest BCUT2D eigenvalue weighted by Gasteiger charge is 2.27. The molecule has 9 heteroatoms. The SMILES string of the molecule is CC(C)Oc1cc(C(=O)CS(=O)(=O)c2ccccc2S(N)(=O)=O)ccc1C#CC(C)(C)C. The van der Waals surface area contributed by atoms with Crippen molar-refractivity contribution in [3.8, 4) is 17.6 Å². The van der Waals surface area contributed by atoms with E-state index in [9.17, 15) is 21.6 Å². The molecule has 0 aliphatic rings. The van der Waals surface area contributed by atoms with E-state index in [1.54, 1.807) is 6.07 Å². The number of carbonyl (C=O) groups is 1. The van der Waals surface area contributed by atoms with Crippen molar-refractivity contribution < 1.29 is 26.4 Å². The van der Waals surface area contributed by atoms with Crippen LogP contribution in [-0.4, -0.2) is 34.5 Å². The summed E-state index contributed by atoms with van der Waals surface area (Å²) in [5.74, 6) is 4.87. The van der Waals surface area contributed by atoms with Crippen LogP contribution >= 0.6 is 0 Å². The Morgan fingerprint density at radius 2 is 1.62 bits per heavy atom. The third kappa shape index (κ3) is 6.92. The molecule has 0 fully saturated rings. The molecular formula is C23H27NO6S2. The second-order valence-corrected chi connectivity index (χ2v) is 12.0. The fourth-order valence-corrected chi connectivity index (χ4v) is 5.36. The van der Waals surface area contributed by atoms with Crippen molar-refractivity contribution in [2.24, 2.45) is 10.6 Å². The number of primary sulfonamides is 1. The van der Waals surface area contributed by atoms with Crippen LogP contribution in [0.3, 0.4) is 0 Å². The third-order valence-electron chi connectivity index (χ3n) is 4.05. The van der Waals surface area contributed by atoms with Crippen molar-refractivity contribution >= 4 is 25.6 Å². The van der Waals surface area contributed by atoms with Crippen molar-refractivity contribution in [1.82, 2.24) is 0 Å². The molecule has 0 amide bonds. The first kappa shape index (κ1) is 25.6. The molecule has 172 valence electrons. The molecule has 0 atom stereocenters. The highest BCUT2D eigenvalue weighted by molar-refractivity contribution is 7.94. The standard InChI is InChI=1S/C23H27NO6S2/c1-16(2)30-20-14-18(11-10-17(20)12-13-23(3,4)5)19(25)15-31(26,27)21-8-6-7-9-22(21)32(24,28)29/h6-11,14,16H,15H2,1-5H3,(H2,24,28,29). The summed E-state index contributed by atoms with van der Waals surface area (Å²) < 4.78 is 55.0. The Kier molecular flexibility index (Phi) is 7.55. The highest BCUT2D eigenvalue weighted by Crippen LogP contribution is 2.25. The molecule has 0 saturated carbocycles. The molecule has 2 aromatic carbocycles. The number of benzene rings is 2. The Morgan fingerprint density at radius 3 is 2.16 bits per heavy atom. The summed E-state index contributed by atoms with van der Waals surface area (Å²) in [7, 11) is -8.56. The zero-order valence-electron chi connectivity index (χ0n) is 18.7. The zero-order chi connectivity index (χ0) is 24.3. The first-order chi connectivity index (χ1) is 14.6. The molecular weight excluding hydrogens is 450 g/mol. The van der Waals surface area contributed by atoms with E-state index >= 15 is 0 Å². The molecule has 0 saturated heterocycles. The van der Waals surface area contributed by atoms with E-state index in [0.717, 1.165) is 12.1 Å². The lowest BCUT2D eigenvalue weighted by atomic mass is 9.97. The summed E-state index contributed by atoms with van der Waals surface area (Å²) >= 11 is 0. The normalized spacial score (nSPS) is 12.2. The van der Waals surface area contributed by atoms with Crippen LogP contribution in [0.1, 0.15) is 50.5 Å². The molecule has 2 rings (SSSR count). The smallest absolute Gasteiger partial charge is 0.239 e. The number of sulfone groups is 1. The van der Waals surface area contributed by atoms with Gasteiger partial charge in [-0.1, -0.05) is 24.0 Å². The predicted molar refractivity (Wildman–Crippen MR) is 123 cm³/mol. The number of carbonyl (C=O) groups excluding carboxylic acids is 1. The fraction of sp³-hybridized carbons (Fsp3) is 0.348. The van der Waals surface area contributed by atoms with Gasteiger partial charge in [0, 0.05) is 11.0 Å². The summed E-state index contributed by atoms with van der Waals surface area (Å²) in [5, 5.41) is 5.13. The van der Waals surface area contributed by atoms with Crippen LogP contribution in [0.4, 0.5) is 0 Å². The number of Topliss-reactive ketones (excluding diaryl/α,β-unsaturated/α-hetero) is 1. The summed E-state index contributed by atoms with van der Waals surface area (Å²) in [4.78, 5) is 11.7. The van der Waals surface area contributed by atoms with Crippen LogP contribution < -0.4 is 9.88 Å². The first-order valence-corrected chi connectivity index (χ1v) is 13.0. The first-order valence-electron chi connectivity index (χ1n) is 9.82. The molecule has 32 heavy (non-hydrogen) atoms. The van der Waals surface area contributed by atoms with Crippen molar-refractivity contribution in [2.75, 3.05) is 5.75 Å². The number of nitrogens with two attached hydrogens (primary N) is 1. The van der Waals surface area contributed by atoms with Gasteiger partial charge in [0.2, 0.25) is 10.0 Å². The van der Waals surface area contributed by atoms with E-state index in [4.69, 9.17) is 9.88 Å². The maximum Gasteiger partial charge on any atom is 0.239 e. The van der Waals surface area contributed by atoms with Crippen molar-refractivity contribution in [3.63, 3.8) is 0 Å². The molecule has 2 aromatic rings. The second-order valence-electron chi connectivity index (χ2n) is 8.55. The van der Waals surface area contributed by atoms with Crippen LogP contribution in [0.15, 0.2) is 52.3 Å². The van der Waals surface area contributed by atoms with E-state index < -0.39 is 41.2 Å². The number of rotatable bonds is 7. The highest BCUT2D eigenvalue weighted by atomic mass is 32.2. The van der Waals surface area contributed by atoms with Gasteiger partial charge in [0.1, 0.15) is 16.4 Å². The minimum Gasteiger partial charge on any atom is -0.490 e. The molecule has 0 unspecified atom stereocenters. The summed E-state index contributed by atoms with van der Waals surface area (Å²) in [5.41, 5.74) is 0.445. The van der Waals surface area contributed by atoms with Gasteiger partial charge in [-0.2, -0.15) is 0 Å². The molecule has 0 aliphatic carbocycles. The lowest BCUT2D eigenvalue weighted by molar-refractivity contribution is 0.102. The Hall–Kier alpha value is -2.67. The average Bonchev–Trinajstić information content (AvgIpc) is 2.64. The van der Waals surface area contributed by atoms with Gasteiger partial charge in [0.25, 0.3) is 0 Å². The third-order valence-corrected chi connectivity index (χ3v) is 6.82. The number of hydrogen-bond donors (Lipinski definition) is 1. The monoisotopic (exact) mass is 477 g/mol. The van der Waals surface area contributed by atoms with E-state index in [1.807, 2.05) is 34.6 Å². The van der Waals surface area contributed by atoms with Crippen molar-refractivity contribution in [2.45, 2.75) is 50.5 Å². The minimum absolute atomic E-state index is 0.110. The lowest BCUT2D eigenvalue weighted by Gasteiger charge is -2.14. The Bertz CT molecular complexity index is 1290. The Balaban J connectivity index is 2.45. The van der Waals surface area contributed by atoms with E-state index in [-0.39, 0.29) is 17.1 Å². The predicted octanol–water partition coefficient (Wildman–Crippen LogP) is 3.18.